The second-order valence-electron chi connectivity index (χ2n) is 9.45. The van der Waals surface area contributed by atoms with Gasteiger partial charge in [0.25, 0.3) is 5.91 Å². The zero-order valence-electron chi connectivity index (χ0n) is 20.3. The molecule has 0 unspecified atom stereocenters. The van der Waals surface area contributed by atoms with E-state index in [9.17, 15) is 19.5 Å². The van der Waals surface area contributed by atoms with Crippen LogP contribution in [0.1, 0.15) is 84.8 Å². The first-order valence-electron chi connectivity index (χ1n) is 12.6. The Morgan fingerprint density at radius 3 is 2.43 bits per heavy atom. The van der Waals surface area contributed by atoms with E-state index in [1.165, 1.54) is 6.42 Å². The molecule has 0 amide bonds. The lowest BCUT2D eigenvalue weighted by Crippen LogP contribution is -2.31. The summed E-state index contributed by atoms with van der Waals surface area (Å²) in [4.78, 5) is 37.8. The summed E-state index contributed by atoms with van der Waals surface area (Å²) < 4.78 is 2.69. The van der Waals surface area contributed by atoms with Crippen LogP contribution in [-0.4, -0.2) is 31.3 Å². The van der Waals surface area contributed by atoms with Crippen LogP contribution in [0.15, 0.2) is 53.3 Å². The Hall–Kier alpha value is -3.48. The Kier molecular flexibility index (Phi) is 7.95. The first kappa shape index (κ1) is 24.6. The van der Waals surface area contributed by atoms with Crippen molar-refractivity contribution in [2.24, 2.45) is 5.92 Å². The molecule has 0 atom stereocenters. The molecule has 1 saturated carbocycles. The first-order valence-corrected chi connectivity index (χ1v) is 12.6. The SMILES string of the molecule is CCCCc1nn(C(=O)CC2CCCCC2)c(=O)n1Cc1ccc(-c2ccccc2C(=O)O)cc1. The molecule has 1 aliphatic carbocycles. The third kappa shape index (κ3) is 5.78. The molecule has 0 bridgehead atoms. The Labute approximate surface area is 205 Å². The Balaban J connectivity index is 1.57. The highest BCUT2D eigenvalue weighted by molar-refractivity contribution is 5.96. The maximum absolute atomic E-state index is 13.2. The van der Waals surface area contributed by atoms with Crippen molar-refractivity contribution in [1.82, 2.24) is 14.3 Å². The second-order valence-corrected chi connectivity index (χ2v) is 9.45. The van der Waals surface area contributed by atoms with Crippen molar-refractivity contribution in [2.75, 3.05) is 0 Å². The summed E-state index contributed by atoms with van der Waals surface area (Å²) in [5, 5.41) is 13.9. The van der Waals surface area contributed by atoms with Gasteiger partial charge in [0.05, 0.1) is 12.1 Å². The van der Waals surface area contributed by atoms with Gasteiger partial charge >= 0.3 is 11.7 Å². The minimum atomic E-state index is -0.970. The molecule has 0 aliphatic heterocycles. The highest BCUT2D eigenvalue weighted by atomic mass is 16.4. The molecule has 35 heavy (non-hydrogen) atoms. The zero-order chi connectivity index (χ0) is 24.8. The summed E-state index contributed by atoms with van der Waals surface area (Å²) in [6, 6.07) is 14.4. The van der Waals surface area contributed by atoms with Crippen LogP contribution in [0.3, 0.4) is 0 Å². The van der Waals surface area contributed by atoms with Crippen LogP contribution in [0.2, 0.25) is 0 Å². The third-order valence-corrected chi connectivity index (χ3v) is 6.88. The van der Waals surface area contributed by atoms with Gasteiger partial charge in [-0.1, -0.05) is 75.1 Å². The van der Waals surface area contributed by atoms with E-state index in [0.29, 0.717) is 36.7 Å². The quantitative estimate of drug-likeness (QED) is 0.446. The van der Waals surface area contributed by atoms with Crippen molar-refractivity contribution < 1.29 is 14.7 Å². The molecule has 1 heterocycles. The lowest BCUT2D eigenvalue weighted by molar-refractivity contribution is 0.0697. The molecular formula is C28H33N3O4. The van der Waals surface area contributed by atoms with E-state index in [4.69, 9.17) is 0 Å². The minimum absolute atomic E-state index is 0.209. The van der Waals surface area contributed by atoms with E-state index < -0.39 is 5.97 Å². The lowest BCUT2D eigenvalue weighted by Gasteiger charge is -2.20. The van der Waals surface area contributed by atoms with E-state index in [-0.39, 0.29) is 17.2 Å². The number of benzene rings is 2. The minimum Gasteiger partial charge on any atom is -0.478 e. The normalized spacial score (nSPS) is 14.2. The molecule has 7 heteroatoms. The first-order chi connectivity index (χ1) is 17.0. The van der Waals surface area contributed by atoms with Crippen molar-refractivity contribution in [3.63, 3.8) is 0 Å². The van der Waals surface area contributed by atoms with Gasteiger partial charge in [0, 0.05) is 12.8 Å². The molecular weight excluding hydrogens is 442 g/mol. The molecule has 0 saturated heterocycles. The molecule has 4 rings (SSSR count). The van der Waals surface area contributed by atoms with Crippen LogP contribution in [0.4, 0.5) is 0 Å². The smallest absolute Gasteiger partial charge is 0.353 e. The molecule has 1 aliphatic rings. The number of rotatable bonds is 9. The van der Waals surface area contributed by atoms with Gasteiger partial charge < -0.3 is 5.11 Å². The number of carbonyl (C=O) groups is 2. The van der Waals surface area contributed by atoms with Crippen molar-refractivity contribution in [1.29, 1.82) is 0 Å². The number of carboxylic acids is 1. The fourth-order valence-electron chi connectivity index (χ4n) is 4.90. The van der Waals surface area contributed by atoms with Crippen molar-refractivity contribution in [2.45, 2.75) is 71.3 Å². The maximum Gasteiger partial charge on any atom is 0.353 e. The highest BCUT2D eigenvalue weighted by Gasteiger charge is 2.23. The number of carboxylic acid groups (broad SMARTS) is 1. The number of unbranched alkanes of at least 4 members (excludes halogenated alkanes) is 1. The van der Waals surface area contributed by atoms with Gasteiger partial charge in [-0.25, -0.2) is 9.59 Å². The van der Waals surface area contributed by atoms with Crippen molar-refractivity contribution >= 4 is 11.9 Å². The molecule has 0 spiro atoms. The summed E-state index contributed by atoms with van der Waals surface area (Å²) in [6.07, 6.45) is 8.48. The van der Waals surface area contributed by atoms with Gasteiger partial charge in [0.1, 0.15) is 5.82 Å². The predicted octanol–water partition coefficient (Wildman–Crippen LogP) is 5.41. The summed E-state index contributed by atoms with van der Waals surface area (Å²) in [5.74, 6) is -0.205. The Morgan fingerprint density at radius 1 is 1.03 bits per heavy atom. The van der Waals surface area contributed by atoms with Gasteiger partial charge in [0.2, 0.25) is 0 Å². The van der Waals surface area contributed by atoms with E-state index in [1.54, 1.807) is 22.8 Å². The molecule has 7 nitrogen and oxygen atoms in total. The molecule has 1 fully saturated rings. The Bertz CT molecular complexity index is 1230. The van der Waals surface area contributed by atoms with Crippen LogP contribution in [0.5, 0.6) is 0 Å². The largest absolute Gasteiger partial charge is 0.478 e. The van der Waals surface area contributed by atoms with Crippen LogP contribution >= 0.6 is 0 Å². The summed E-state index contributed by atoms with van der Waals surface area (Å²) >= 11 is 0. The van der Waals surface area contributed by atoms with Crippen LogP contribution < -0.4 is 5.69 Å². The Morgan fingerprint density at radius 2 is 1.74 bits per heavy atom. The monoisotopic (exact) mass is 475 g/mol. The predicted molar refractivity (Wildman–Crippen MR) is 135 cm³/mol. The summed E-state index contributed by atoms with van der Waals surface area (Å²) in [6.45, 7) is 2.40. The van der Waals surface area contributed by atoms with Crippen molar-refractivity contribution in [3.8, 4) is 11.1 Å². The average molecular weight is 476 g/mol. The van der Waals surface area contributed by atoms with Gasteiger partial charge in [0.15, 0.2) is 0 Å². The van der Waals surface area contributed by atoms with Crippen LogP contribution in [0.25, 0.3) is 11.1 Å². The maximum atomic E-state index is 13.2. The van der Waals surface area contributed by atoms with E-state index in [1.807, 2.05) is 30.3 Å². The van der Waals surface area contributed by atoms with E-state index >= 15 is 0 Å². The average Bonchev–Trinajstić information content (AvgIpc) is 3.18. The number of hydrogen-bond acceptors (Lipinski definition) is 4. The van der Waals surface area contributed by atoms with Gasteiger partial charge in [-0.05, 0) is 47.9 Å². The van der Waals surface area contributed by atoms with Crippen molar-refractivity contribution in [3.05, 3.63) is 76.0 Å². The van der Waals surface area contributed by atoms with Crippen LogP contribution in [0, 0.1) is 5.92 Å². The number of aryl methyl sites for hydroxylation is 1. The summed E-state index contributed by atoms with van der Waals surface area (Å²) in [7, 11) is 0. The van der Waals surface area contributed by atoms with E-state index in [2.05, 4.69) is 12.0 Å². The lowest BCUT2D eigenvalue weighted by atomic mass is 9.87. The molecule has 1 N–H and O–H groups in total. The third-order valence-electron chi connectivity index (χ3n) is 6.88. The molecule has 184 valence electrons. The number of carbonyl (C=O) groups excluding carboxylic acids is 1. The van der Waals surface area contributed by atoms with Crippen LogP contribution in [-0.2, 0) is 13.0 Å². The second kappa shape index (κ2) is 11.3. The number of aromatic carboxylic acids is 1. The van der Waals surface area contributed by atoms with Gasteiger partial charge in [-0.2, -0.15) is 0 Å². The van der Waals surface area contributed by atoms with Gasteiger partial charge in [-0.15, -0.1) is 9.78 Å². The van der Waals surface area contributed by atoms with E-state index in [0.717, 1.165) is 54.3 Å². The van der Waals surface area contributed by atoms with Gasteiger partial charge in [-0.3, -0.25) is 9.36 Å². The topological polar surface area (TPSA) is 94.2 Å². The molecule has 0 radical (unpaired) electrons. The number of aromatic nitrogens is 3. The molecule has 1 aromatic heterocycles. The standard InChI is InChI=1S/C28H33N3O4/c1-2-3-13-25-29-31(26(32)18-20-9-5-4-6-10-20)28(35)30(25)19-21-14-16-22(17-15-21)23-11-7-8-12-24(23)27(33)34/h7-8,11-12,14-17,20H,2-6,9-10,13,18-19H2,1H3,(H,33,34). The fourth-order valence-corrected chi connectivity index (χ4v) is 4.90. The fraction of sp³-hybridized carbons (Fsp3) is 0.429. The number of hydrogen-bond donors (Lipinski definition) is 1. The summed E-state index contributed by atoms with van der Waals surface area (Å²) in [5.41, 5.74) is 2.20. The molecule has 3 aromatic rings. The highest BCUT2D eigenvalue weighted by Crippen LogP contribution is 2.27. The molecule has 2 aromatic carbocycles. The zero-order valence-corrected chi connectivity index (χ0v) is 20.3. The number of nitrogens with zero attached hydrogens (tertiary/aromatic N) is 3.